The van der Waals surface area contributed by atoms with Gasteiger partial charge in [0, 0.05) is 13.1 Å². The van der Waals surface area contributed by atoms with Crippen LogP contribution in [0.4, 0.5) is 0 Å². The minimum Gasteiger partial charge on any atom is -0.488 e. The number of carboxylic acids is 1. The number of benzene rings is 1. The first-order chi connectivity index (χ1) is 12.9. The van der Waals surface area contributed by atoms with E-state index in [1.54, 1.807) is 29.2 Å². The zero-order valence-electron chi connectivity index (χ0n) is 15.8. The summed E-state index contributed by atoms with van der Waals surface area (Å²) in [6, 6.07) is 7.03. The van der Waals surface area contributed by atoms with Crippen molar-refractivity contribution in [2.45, 2.75) is 33.8 Å². The van der Waals surface area contributed by atoms with Crippen LogP contribution in [0.2, 0.25) is 0 Å². The smallest absolute Gasteiger partial charge is 0.308 e. The number of aromatic nitrogens is 1. The van der Waals surface area contributed by atoms with Gasteiger partial charge >= 0.3 is 5.97 Å². The first-order valence-corrected chi connectivity index (χ1v) is 9.02. The van der Waals surface area contributed by atoms with E-state index in [-0.39, 0.29) is 25.0 Å². The van der Waals surface area contributed by atoms with Gasteiger partial charge in [-0.05, 0) is 38.3 Å². The highest BCUT2D eigenvalue weighted by molar-refractivity contribution is 5.97. The van der Waals surface area contributed by atoms with Crippen molar-refractivity contribution in [3.63, 3.8) is 0 Å². The van der Waals surface area contributed by atoms with E-state index in [0.29, 0.717) is 30.0 Å². The molecule has 0 spiro atoms. The van der Waals surface area contributed by atoms with Gasteiger partial charge in [-0.1, -0.05) is 24.2 Å². The van der Waals surface area contributed by atoms with Crippen molar-refractivity contribution in [1.29, 1.82) is 0 Å². The van der Waals surface area contributed by atoms with Crippen molar-refractivity contribution < 1.29 is 24.0 Å². The van der Waals surface area contributed by atoms with Gasteiger partial charge in [0.15, 0.2) is 0 Å². The molecule has 7 heteroatoms. The molecule has 2 aromatic rings. The number of likely N-dealkylation sites (tertiary alicyclic amines) is 1. The third kappa shape index (κ3) is 4.13. The SMILES string of the molecule is Cc1noc(C)c1COc1ccccc1C(=O)N1CC(C)CC(C(=O)O)C1. The summed E-state index contributed by atoms with van der Waals surface area (Å²) < 4.78 is 11.0. The fourth-order valence-electron chi connectivity index (χ4n) is 3.49. The predicted molar refractivity (Wildman–Crippen MR) is 97.6 cm³/mol. The van der Waals surface area contributed by atoms with Crippen LogP contribution in [0.1, 0.15) is 40.7 Å². The van der Waals surface area contributed by atoms with E-state index in [1.807, 2.05) is 20.8 Å². The quantitative estimate of drug-likeness (QED) is 0.867. The number of hydrogen-bond acceptors (Lipinski definition) is 5. The van der Waals surface area contributed by atoms with Crippen LogP contribution in [0.25, 0.3) is 0 Å². The lowest BCUT2D eigenvalue weighted by atomic mass is 9.90. The maximum absolute atomic E-state index is 13.1. The molecule has 1 amide bonds. The number of carboxylic acid groups (broad SMARTS) is 1. The van der Waals surface area contributed by atoms with Crippen LogP contribution < -0.4 is 4.74 Å². The average molecular weight is 372 g/mol. The minimum atomic E-state index is -0.859. The monoisotopic (exact) mass is 372 g/mol. The van der Waals surface area contributed by atoms with Crippen LogP contribution in [0.5, 0.6) is 5.75 Å². The Morgan fingerprint density at radius 1 is 1.30 bits per heavy atom. The number of aliphatic carboxylic acids is 1. The molecule has 0 saturated carbocycles. The Balaban J connectivity index is 1.78. The standard InChI is InChI=1S/C20H24N2O5/c1-12-8-15(20(24)25)10-22(9-12)19(23)16-6-4-5-7-18(16)26-11-17-13(2)21-27-14(17)3/h4-7,12,15H,8-11H2,1-3H3,(H,24,25). The molecule has 144 valence electrons. The lowest BCUT2D eigenvalue weighted by Gasteiger charge is -2.35. The predicted octanol–water partition coefficient (Wildman–Crippen LogP) is 3.05. The van der Waals surface area contributed by atoms with Gasteiger partial charge in [0.1, 0.15) is 18.1 Å². The first kappa shape index (κ1) is 18.9. The van der Waals surface area contributed by atoms with Gasteiger partial charge in [-0.25, -0.2) is 0 Å². The van der Waals surface area contributed by atoms with Gasteiger partial charge in [0.25, 0.3) is 5.91 Å². The summed E-state index contributed by atoms with van der Waals surface area (Å²) in [6.07, 6.45) is 0.587. The Bertz CT molecular complexity index is 825. The van der Waals surface area contributed by atoms with Crippen LogP contribution in [-0.4, -0.2) is 40.1 Å². The normalized spacial score (nSPS) is 19.7. The number of carbonyl (C=O) groups is 2. The molecule has 2 unspecified atom stereocenters. The average Bonchev–Trinajstić information content (AvgIpc) is 2.97. The highest BCUT2D eigenvalue weighted by atomic mass is 16.5. The van der Waals surface area contributed by atoms with Crippen LogP contribution >= 0.6 is 0 Å². The van der Waals surface area contributed by atoms with Gasteiger partial charge in [0.05, 0.1) is 22.7 Å². The fourth-order valence-corrected chi connectivity index (χ4v) is 3.49. The van der Waals surface area contributed by atoms with Gasteiger partial charge in [-0.15, -0.1) is 0 Å². The largest absolute Gasteiger partial charge is 0.488 e. The van der Waals surface area contributed by atoms with E-state index < -0.39 is 11.9 Å². The molecule has 1 aromatic carbocycles. The summed E-state index contributed by atoms with van der Waals surface area (Å²) >= 11 is 0. The molecule has 2 heterocycles. The second-order valence-corrected chi connectivity index (χ2v) is 7.17. The number of para-hydroxylation sites is 1. The number of ether oxygens (including phenoxy) is 1. The molecular formula is C20H24N2O5. The molecule has 0 bridgehead atoms. The number of amides is 1. The molecule has 7 nitrogen and oxygen atoms in total. The first-order valence-electron chi connectivity index (χ1n) is 9.02. The Kier molecular flexibility index (Phi) is 5.48. The number of carbonyl (C=O) groups excluding carboxylic acids is 1. The van der Waals surface area contributed by atoms with Crippen LogP contribution in [0.3, 0.4) is 0 Å². The van der Waals surface area contributed by atoms with Crippen LogP contribution in [-0.2, 0) is 11.4 Å². The van der Waals surface area contributed by atoms with Crippen LogP contribution in [0.15, 0.2) is 28.8 Å². The second kappa shape index (κ2) is 7.82. The summed E-state index contributed by atoms with van der Waals surface area (Å²) in [5, 5.41) is 13.3. The third-order valence-corrected chi connectivity index (χ3v) is 4.97. The number of hydrogen-bond donors (Lipinski definition) is 1. The van der Waals surface area contributed by atoms with E-state index in [1.165, 1.54) is 0 Å². The van der Waals surface area contributed by atoms with Crippen LogP contribution in [0, 0.1) is 25.7 Å². The molecular weight excluding hydrogens is 348 g/mol. The summed E-state index contributed by atoms with van der Waals surface area (Å²) in [4.78, 5) is 26.1. The van der Waals surface area contributed by atoms with Crippen molar-refractivity contribution in [3.8, 4) is 5.75 Å². The van der Waals surface area contributed by atoms with Gasteiger partial charge in [0.2, 0.25) is 0 Å². The van der Waals surface area contributed by atoms with Gasteiger partial charge in [-0.3, -0.25) is 9.59 Å². The molecule has 0 radical (unpaired) electrons. The Morgan fingerprint density at radius 2 is 2.04 bits per heavy atom. The molecule has 0 aliphatic carbocycles. The van der Waals surface area contributed by atoms with Crippen molar-refractivity contribution in [3.05, 3.63) is 46.8 Å². The third-order valence-electron chi connectivity index (χ3n) is 4.97. The minimum absolute atomic E-state index is 0.138. The molecule has 3 rings (SSSR count). The van der Waals surface area contributed by atoms with Crippen molar-refractivity contribution in [2.24, 2.45) is 11.8 Å². The van der Waals surface area contributed by atoms with Gasteiger partial charge < -0.3 is 19.3 Å². The van der Waals surface area contributed by atoms with Crippen molar-refractivity contribution in [1.82, 2.24) is 10.1 Å². The molecule has 1 saturated heterocycles. The maximum Gasteiger partial charge on any atom is 0.308 e. The number of aryl methyl sites for hydroxylation is 2. The molecule has 2 atom stereocenters. The molecule has 1 aliphatic rings. The molecule has 1 N–H and O–H groups in total. The molecule has 1 aromatic heterocycles. The lowest BCUT2D eigenvalue weighted by Crippen LogP contribution is -2.45. The zero-order valence-corrected chi connectivity index (χ0v) is 15.8. The number of rotatable bonds is 5. The van der Waals surface area contributed by atoms with E-state index in [9.17, 15) is 14.7 Å². The van der Waals surface area contributed by atoms with Crippen molar-refractivity contribution in [2.75, 3.05) is 13.1 Å². The molecule has 1 aliphatic heterocycles. The van der Waals surface area contributed by atoms with Crippen molar-refractivity contribution >= 4 is 11.9 Å². The van der Waals surface area contributed by atoms with E-state index in [0.717, 1.165) is 11.3 Å². The number of piperidine rings is 1. The second-order valence-electron chi connectivity index (χ2n) is 7.17. The molecule has 1 fully saturated rings. The summed E-state index contributed by atoms with van der Waals surface area (Å²) in [6.45, 7) is 6.64. The van der Waals surface area contributed by atoms with E-state index in [2.05, 4.69) is 5.16 Å². The fraction of sp³-hybridized carbons (Fsp3) is 0.450. The summed E-state index contributed by atoms with van der Waals surface area (Å²) in [5.41, 5.74) is 2.04. The maximum atomic E-state index is 13.1. The van der Waals surface area contributed by atoms with E-state index >= 15 is 0 Å². The zero-order chi connectivity index (χ0) is 19.6. The highest BCUT2D eigenvalue weighted by Gasteiger charge is 2.33. The highest BCUT2D eigenvalue weighted by Crippen LogP contribution is 2.27. The Hall–Kier alpha value is -2.83. The Labute approximate surface area is 157 Å². The lowest BCUT2D eigenvalue weighted by molar-refractivity contribution is -0.143. The van der Waals surface area contributed by atoms with E-state index in [4.69, 9.17) is 9.26 Å². The Morgan fingerprint density at radius 3 is 2.70 bits per heavy atom. The van der Waals surface area contributed by atoms with Gasteiger partial charge in [-0.2, -0.15) is 0 Å². The summed E-state index contributed by atoms with van der Waals surface area (Å²) in [7, 11) is 0. The molecule has 27 heavy (non-hydrogen) atoms. The topological polar surface area (TPSA) is 92.9 Å². The number of nitrogens with zero attached hydrogens (tertiary/aromatic N) is 2. The summed E-state index contributed by atoms with van der Waals surface area (Å²) in [5.74, 6) is -0.310.